The van der Waals surface area contributed by atoms with Crippen LogP contribution in [-0.2, 0) is 4.79 Å². The summed E-state index contributed by atoms with van der Waals surface area (Å²) < 4.78 is 0. The first-order valence-corrected chi connectivity index (χ1v) is 8.78. The molecule has 3 nitrogen and oxygen atoms in total. The minimum absolute atomic E-state index is 0.115. The zero-order valence-corrected chi connectivity index (χ0v) is 13.7. The van der Waals surface area contributed by atoms with Gasteiger partial charge >= 0.3 is 0 Å². The highest BCUT2D eigenvalue weighted by molar-refractivity contribution is 8.18. The van der Waals surface area contributed by atoms with E-state index in [0.29, 0.717) is 17.4 Å². The Hall–Kier alpha value is -1.55. The summed E-state index contributed by atoms with van der Waals surface area (Å²) in [7, 11) is 0. The third kappa shape index (κ3) is 3.27. The van der Waals surface area contributed by atoms with Gasteiger partial charge in [-0.2, -0.15) is 0 Å². The van der Waals surface area contributed by atoms with Gasteiger partial charge in [-0.3, -0.25) is 14.5 Å². The van der Waals surface area contributed by atoms with Crippen molar-refractivity contribution in [1.29, 1.82) is 0 Å². The molecule has 0 unspecified atom stereocenters. The predicted molar refractivity (Wildman–Crippen MR) is 90.4 cm³/mol. The normalized spacial score (nSPS) is 21.9. The number of benzene rings is 1. The Labute approximate surface area is 135 Å². The lowest BCUT2D eigenvalue weighted by atomic mass is 9.89. The Balaban J connectivity index is 1.75. The number of imide groups is 1. The second-order valence-electron chi connectivity index (χ2n) is 6.15. The quantitative estimate of drug-likeness (QED) is 0.764. The first-order chi connectivity index (χ1) is 10.6. The van der Waals surface area contributed by atoms with Crippen molar-refractivity contribution in [3.05, 3.63) is 40.3 Å². The molecule has 0 spiro atoms. The number of hydrogen-bond acceptors (Lipinski definition) is 3. The van der Waals surface area contributed by atoms with E-state index in [4.69, 9.17) is 0 Å². The van der Waals surface area contributed by atoms with Crippen LogP contribution in [0, 0.1) is 12.8 Å². The third-order valence-electron chi connectivity index (χ3n) is 4.51. The number of hydrogen-bond donors (Lipinski definition) is 0. The van der Waals surface area contributed by atoms with Crippen LogP contribution in [-0.4, -0.2) is 22.6 Å². The first-order valence-electron chi connectivity index (χ1n) is 7.96. The van der Waals surface area contributed by atoms with Crippen molar-refractivity contribution < 1.29 is 9.59 Å². The van der Waals surface area contributed by atoms with Crippen molar-refractivity contribution in [3.8, 4) is 0 Å². The summed E-state index contributed by atoms with van der Waals surface area (Å²) in [6, 6.07) is 7.91. The molecule has 0 radical (unpaired) electrons. The fourth-order valence-electron chi connectivity index (χ4n) is 3.18. The van der Waals surface area contributed by atoms with Gasteiger partial charge in [-0.15, -0.1) is 0 Å². The Kier molecular flexibility index (Phi) is 4.67. The lowest BCUT2D eigenvalue weighted by Crippen LogP contribution is -2.34. The van der Waals surface area contributed by atoms with Gasteiger partial charge in [0.1, 0.15) is 0 Å². The average molecular weight is 315 g/mol. The molecule has 1 saturated heterocycles. The molecular weight excluding hydrogens is 294 g/mol. The zero-order valence-electron chi connectivity index (χ0n) is 12.9. The van der Waals surface area contributed by atoms with Crippen molar-refractivity contribution in [2.24, 2.45) is 5.92 Å². The first kappa shape index (κ1) is 15.3. The summed E-state index contributed by atoms with van der Waals surface area (Å²) >= 11 is 1.07. The van der Waals surface area contributed by atoms with E-state index < -0.39 is 0 Å². The molecule has 1 heterocycles. The molecule has 1 aromatic carbocycles. The lowest BCUT2D eigenvalue weighted by molar-refractivity contribution is -0.123. The standard InChI is InChI=1S/C18H21NO2S/c1-13-7-5-6-10-15(13)11-16-17(20)19(18(21)22-16)12-14-8-3-2-4-9-14/h5-7,10-11,14H,2-4,8-9,12H2,1H3/b16-11+. The van der Waals surface area contributed by atoms with Crippen LogP contribution in [0.1, 0.15) is 43.2 Å². The Morgan fingerprint density at radius 2 is 1.91 bits per heavy atom. The van der Waals surface area contributed by atoms with Gasteiger partial charge in [0.25, 0.3) is 11.1 Å². The summed E-state index contributed by atoms with van der Waals surface area (Å²) in [5.41, 5.74) is 2.12. The average Bonchev–Trinajstić information content (AvgIpc) is 2.78. The van der Waals surface area contributed by atoms with E-state index in [0.717, 1.165) is 35.7 Å². The molecule has 0 N–H and O–H groups in total. The number of amides is 2. The highest BCUT2D eigenvalue weighted by Crippen LogP contribution is 2.35. The number of thioether (sulfide) groups is 1. The van der Waals surface area contributed by atoms with Crippen LogP contribution in [0.3, 0.4) is 0 Å². The van der Waals surface area contributed by atoms with Gasteiger partial charge in [-0.1, -0.05) is 43.5 Å². The monoisotopic (exact) mass is 315 g/mol. The molecule has 22 heavy (non-hydrogen) atoms. The van der Waals surface area contributed by atoms with E-state index in [1.165, 1.54) is 24.2 Å². The molecule has 0 atom stereocenters. The maximum absolute atomic E-state index is 12.5. The van der Waals surface area contributed by atoms with Crippen molar-refractivity contribution >= 4 is 29.0 Å². The predicted octanol–water partition coefficient (Wildman–Crippen LogP) is 4.61. The molecular formula is C18H21NO2S. The largest absolute Gasteiger partial charge is 0.293 e. The van der Waals surface area contributed by atoms with E-state index >= 15 is 0 Å². The second kappa shape index (κ2) is 6.69. The number of rotatable bonds is 3. The molecule has 1 aliphatic heterocycles. The second-order valence-corrected chi connectivity index (χ2v) is 7.15. The topological polar surface area (TPSA) is 37.4 Å². The SMILES string of the molecule is Cc1ccccc1/C=C1/SC(=O)N(CC2CCCCC2)C1=O. The third-order valence-corrected chi connectivity index (χ3v) is 5.42. The highest BCUT2D eigenvalue weighted by atomic mass is 32.2. The Morgan fingerprint density at radius 3 is 2.64 bits per heavy atom. The van der Waals surface area contributed by atoms with Crippen LogP contribution < -0.4 is 0 Å². The summed E-state index contributed by atoms with van der Waals surface area (Å²) in [5, 5.41) is -0.115. The number of carbonyl (C=O) groups is 2. The van der Waals surface area contributed by atoms with Crippen LogP contribution in [0.4, 0.5) is 4.79 Å². The maximum atomic E-state index is 12.5. The van der Waals surface area contributed by atoms with Crippen molar-refractivity contribution in [2.45, 2.75) is 39.0 Å². The molecule has 0 aromatic heterocycles. The van der Waals surface area contributed by atoms with Gasteiger partial charge in [-0.25, -0.2) is 0 Å². The molecule has 1 aliphatic carbocycles. The van der Waals surface area contributed by atoms with Gasteiger partial charge in [-0.05, 0) is 54.6 Å². The van der Waals surface area contributed by atoms with Gasteiger partial charge in [0.2, 0.25) is 0 Å². The minimum Gasteiger partial charge on any atom is -0.268 e. The van der Waals surface area contributed by atoms with Gasteiger partial charge < -0.3 is 0 Å². The fraction of sp³-hybridized carbons (Fsp3) is 0.444. The molecule has 1 saturated carbocycles. The molecule has 2 fully saturated rings. The van der Waals surface area contributed by atoms with E-state index in [-0.39, 0.29) is 11.1 Å². The van der Waals surface area contributed by atoms with Crippen molar-refractivity contribution in [3.63, 3.8) is 0 Å². The van der Waals surface area contributed by atoms with Crippen molar-refractivity contribution in [1.82, 2.24) is 4.90 Å². The van der Waals surface area contributed by atoms with Crippen LogP contribution in [0.25, 0.3) is 6.08 Å². The molecule has 3 rings (SSSR count). The maximum Gasteiger partial charge on any atom is 0.293 e. The molecule has 4 heteroatoms. The number of carbonyl (C=O) groups excluding carboxylic acids is 2. The number of nitrogens with zero attached hydrogens (tertiary/aromatic N) is 1. The van der Waals surface area contributed by atoms with E-state index in [2.05, 4.69) is 0 Å². The van der Waals surface area contributed by atoms with Gasteiger partial charge in [0, 0.05) is 6.54 Å². The molecule has 0 bridgehead atoms. The zero-order chi connectivity index (χ0) is 15.5. The molecule has 2 aliphatic rings. The fourth-order valence-corrected chi connectivity index (χ4v) is 4.01. The van der Waals surface area contributed by atoms with Gasteiger partial charge in [0.15, 0.2) is 0 Å². The molecule has 1 aromatic rings. The molecule has 2 amide bonds. The van der Waals surface area contributed by atoms with Crippen LogP contribution in [0.15, 0.2) is 29.2 Å². The van der Waals surface area contributed by atoms with Gasteiger partial charge in [0.05, 0.1) is 4.91 Å². The number of aryl methyl sites for hydroxylation is 1. The summed E-state index contributed by atoms with van der Waals surface area (Å²) in [5.74, 6) is 0.365. The minimum atomic E-state index is -0.121. The van der Waals surface area contributed by atoms with E-state index in [1.807, 2.05) is 37.3 Å². The van der Waals surface area contributed by atoms with Crippen molar-refractivity contribution in [2.75, 3.05) is 6.54 Å². The summed E-state index contributed by atoms with van der Waals surface area (Å²) in [4.78, 5) is 26.7. The van der Waals surface area contributed by atoms with E-state index in [1.54, 1.807) is 0 Å². The Morgan fingerprint density at radius 1 is 1.18 bits per heavy atom. The Bertz CT molecular complexity index is 617. The molecule has 116 valence electrons. The van der Waals surface area contributed by atoms with Crippen LogP contribution in [0.2, 0.25) is 0 Å². The summed E-state index contributed by atoms with van der Waals surface area (Å²) in [6.45, 7) is 2.61. The lowest BCUT2D eigenvalue weighted by Gasteiger charge is -2.25. The summed E-state index contributed by atoms with van der Waals surface area (Å²) in [6.07, 6.45) is 7.85. The highest BCUT2D eigenvalue weighted by Gasteiger charge is 2.36. The smallest absolute Gasteiger partial charge is 0.268 e. The van der Waals surface area contributed by atoms with Crippen LogP contribution in [0.5, 0.6) is 0 Å². The van der Waals surface area contributed by atoms with E-state index in [9.17, 15) is 9.59 Å². The van der Waals surface area contributed by atoms with Crippen LogP contribution >= 0.6 is 11.8 Å².